The van der Waals surface area contributed by atoms with E-state index in [1.54, 1.807) is 30.3 Å². The van der Waals surface area contributed by atoms with Crippen LogP contribution in [0.25, 0.3) is 0 Å². The molecule has 0 saturated carbocycles. The van der Waals surface area contributed by atoms with Crippen LogP contribution in [0.5, 0.6) is 0 Å². The quantitative estimate of drug-likeness (QED) is 0.404. The summed E-state index contributed by atoms with van der Waals surface area (Å²) in [6.45, 7) is 6.03. The number of hydrogen-bond acceptors (Lipinski definition) is 6. The number of carbonyl (C=O) groups is 4. The van der Waals surface area contributed by atoms with Crippen molar-refractivity contribution in [3.63, 3.8) is 0 Å². The third-order valence-corrected chi connectivity index (χ3v) is 6.08. The van der Waals surface area contributed by atoms with Crippen LogP contribution >= 0.6 is 0 Å². The van der Waals surface area contributed by atoms with Gasteiger partial charge in [-0.15, -0.1) is 0 Å². The molecule has 0 aromatic heterocycles. The second-order valence-corrected chi connectivity index (χ2v) is 8.70. The van der Waals surface area contributed by atoms with Crippen molar-refractivity contribution in [1.82, 2.24) is 0 Å². The van der Waals surface area contributed by atoms with Crippen molar-refractivity contribution >= 4 is 35.1 Å². The number of rotatable bonds is 10. The van der Waals surface area contributed by atoms with Crippen molar-refractivity contribution in [3.05, 3.63) is 59.2 Å². The van der Waals surface area contributed by atoms with Gasteiger partial charge in [-0.1, -0.05) is 31.9 Å². The number of hydrogen-bond donors (Lipinski definition) is 1. The highest BCUT2D eigenvalue weighted by atomic mass is 16.5. The third kappa shape index (κ3) is 6.91. The summed E-state index contributed by atoms with van der Waals surface area (Å²) in [5, 5.41) is 2.74. The molecule has 35 heavy (non-hydrogen) atoms. The summed E-state index contributed by atoms with van der Waals surface area (Å²) in [7, 11) is 0. The number of nitrogens with zero attached hydrogens (tertiary/aromatic N) is 1. The summed E-state index contributed by atoms with van der Waals surface area (Å²) in [4.78, 5) is 50.8. The lowest BCUT2D eigenvalue weighted by atomic mass is 10.1. The SMILES string of the molecule is CCCCCOC(=O)c1ccc(N2C[C@H](C(=O)OCC(=O)Nc3cccc(C)c3C)CC2=O)cc1. The minimum absolute atomic E-state index is 0.00133. The van der Waals surface area contributed by atoms with Crippen LogP contribution in [0.15, 0.2) is 42.5 Å². The molecular weight excluding hydrogens is 448 g/mol. The van der Waals surface area contributed by atoms with Crippen molar-refractivity contribution < 1.29 is 28.7 Å². The molecule has 8 nitrogen and oxygen atoms in total. The summed E-state index contributed by atoms with van der Waals surface area (Å²) in [5.41, 5.74) is 3.64. The second kappa shape index (κ2) is 12.1. The fourth-order valence-electron chi connectivity index (χ4n) is 3.82. The molecule has 1 saturated heterocycles. The number of aryl methyl sites for hydroxylation is 1. The molecule has 2 amide bonds. The van der Waals surface area contributed by atoms with E-state index < -0.39 is 30.4 Å². The number of esters is 2. The van der Waals surface area contributed by atoms with Crippen LogP contribution in [0.3, 0.4) is 0 Å². The average Bonchev–Trinajstić information content (AvgIpc) is 3.25. The van der Waals surface area contributed by atoms with Crippen molar-refractivity contribution in [1.29, 1.82) is 0 Å². The summed E-state index contributed by atoms with van der Waals surface area (Å²) in [5.74, 6) is -2.32. The Bertz CT molecular complexity index is 1080. The van der Waals surface area contributed by atoms with E-state index in [9.17, 15) is 19.2 Å². The van der Waals surface area contributed by atoms with Crippen LogP contribution in [0.2, 0.25) is 0 Å². The Morgan fingerprint density at radius 2 is 1.77 bits per heavy atom. The molecule has 1 atom stereocenters. The first-order chi connectivity index (χ1) is 16.8. The van der Waals surface area contributed by atoms with Gasteiger partial charge in [0.05, 0.1) is 18.1 Å². The lowest BCUT2D eigenvalue weighted by Gasteiger charge is -2.17. The summed E-state index contributed by atoms with van der Waals surface area (Å²) in [6, 6.07) is 12.1. The highest BCUT2D eigenvalue weighted by molar-refractivity contribution is 6.00. The predicted molar refractivity (Wildman–Crippen MR) is 132 cm³/mol. The van der Waals surface area contributed by atoms with Crippen LogP contribution in [-0.4, -0.2) is 43.5 Å². The maximum atomic E-state index is 12.5. The number of carbonyl (C=O) groups excluding carboxylic acids is 4. The molecule has 0 aliphatic carbocycles. The van der Waals surface area contributed by atoms with Crippen LogP contribution in [-0.2, 0) is 23.9 Å². The zero-order valence-electron chi connectivity index (χ0n) is 20.5. The van der Waals surface area contributed by atoms with Crippen LogP contribution in [0, 0.1) is 19.8 Å². The Hall–Kier alpha value is -3.68. The van der Waals surface area contributed by atoms with E-state index in [1.165, 1.54) is 4.90 Å². The monoisotopic (exact) mass is 480 g/mol. The number of anilines is 2. The van der Waals surface area contributed by atoms with Gasteiger partial charge in [0.15, 0.2) is 6.61 Å². The Labute approximate surface area is 205 Å². The number of nitrogens with one attached hydrogen (secondary N) is 1. The minimum Gasteiger partial charge on any atom is -0.462 e. The normalized spacial score (nSPS) is 15.1. The van der Waals surface area contributed by atoms with Gasteiger partial charge in [-0.3, -0.25) is 14.4 Å². The molecule has 0 bridgehead atoms. The molecule has 2 aromatic rings. The summed E-state index contributed by atoms with van der Waals surface area (Å²) >= 11 is 0. The van der Waals surface area contributed by atoms with Gasteiger partial charge in [-0.2, -0.15) is 0 Å². The smallest absolute Gasteiger partial charge is 0.338 e. The van der Waals surface area contributed by atoms with Gasteiger partial charge in [0, 0.05) is 24.3 Å². The zero-order valence-corrected chi connectivity index (χ0v) is 20.5. The number of amides is 2. The van der Waals surface area contributed by atoms with Gasteiger partial charge in [0.2, 0.25) is 5.91 Å². The predicted octanol–water partition coefficient (Wildman–Crippen LogP) is 4.19. The van der Waals surface area contributed by atoms with Gasteiger partial charge in [-0.05, 0) is 61.7 Å². The minimum atomic E-state index is -0.667. The van der Waals surface area contributed by atoms with Crippen molar-refractivity contribution in [2.75, 3.05) is 30.0 Å². The molecular formula is C27H32N2O6. The highest BCUT2D eigenvalue weighted by Gasteiger charge is 2.36. The fraction of sp³-hybridized carbons (Fsp3) is 0.407. The molecule has 3 rings (SSSR count). The Kier molecular flexibility index (Phi) is 9.00. The van der Waals surface area contributed by atoms with E-state index in [4.69, 9.17) is 9.47 Å². The Morgan fingerprint density at radius 3 is 2.49 bits per heavy atom. The van der Waals surface area contributed by atoms with E-state index in [0.717, 1.165) is 30.4 Å². The van der Waals surface area contributed by atoms with Crippen LogP contribution < -0.4 is 10.2 Å². The van der Waals surface area contributed by atoms with Crippen molar-refractivity contribution in [3.8, 4) is 0 Å². The number of unbranched alkanes of at least 4 members (excludes halogenated alkanes) is 2. The van der Waals surface area contributed by atoms with Crippen molar-refractivity contribution in [2.24, 2.45) is 5.92 Å². The second-order valence-electron chi connectivity index (χ2n) is 8.70. The van der Waals surface area contributed by atoms with E-state index in [2.05, 4.69) is 12.2 Å². The molecule has 0 radical (unpaired) electrons. The van der Waals surface area contributed by atoms with E-state index in [1.807, 2.05) is 26.0 Å². The molecule has 2 aromatic carbocycles. The Morgan fingerprint density at radius 1 is 1.03 bits per heavy atom. The lowest BCUT2D eigenvalue weighted by molar-refractivity contribution is -0.151. The van der Waals surface area contributed by atoms with Crippen LogP contribution in [0.1, 0.15) is 54.1 Å². The van der Waals surface area contributed by atoms with E-state index in [-0.39, 0.29) is 18.9 Å². The molecule has 1 aliphatic heterocycles. The fourth-order valence-corrected chi connectivity index (χ4v) is 3.82. The first-order valence-electron chi connectivity index (χ1n) is 11.9. The van der Waals surface area contributed by atoms with E-state index in [0.29, 0.717) is 23.5 Å². The van der Waals surface area contributed by atoms with E-state index >= 15 is 0 Å². The average molecular weight is 481 g/mol. The standard InChI is InChI=1S/C27H32N2O6/c1-4-5-6-14-34-26(32)20-10-12-22(13-11-20)29-16-21(15-25(29)31)27(33)35-17-24(30)28-23-9-7-8-18(2)19(23)3/h7-13,21H,4-6,14-17H2,1-3H3,(H,28,30)/t21-/m1/s1. The number of ether oxygens (including phenoxy) is 2. The molecule has 8 heteroatoms. The summed E-state index contributed by atoms with van der Waals surface area (Å²) < 4.78 is 10.4. The first-order valence-corrected chi connectivity index (χ1v) is 11.9. The van der Waals surface area contributed by atoms with Crippen molar-refractivity contribution in [2.45, 2.75) is 46.5 Å². The first kappa shape index (κ1) is 25.9. The topological polar surface area (TPSA) is 102 Å². The highest BCUT2D eigenvalue weighted by Crippen LogP contribution is 2.26. The zero-order chi connectivity index (χ0) is 25.4. The maximum Gasteiger partial charge on any atom is 0.338 e. The Balaban J connectivity index is 1.50. The van der Waals surface area contributed by atoms with Gasteiger partial charge < -0.3 is 19.7 Å². The molecule has 186 valence electrons. The summed E-state index contributed by atoms with van der Waals surface area (Å²) in [6.07, 6.45) is 2.88. The van der Waals surface area contributed by atoms with Gasteiger partial charge in [0.1, 0.15) is 0 Å². The maximum absolute atomic E-state index is 12.5. The number of benzene rings is 2. The van der Waals surface area contributed by atoms with Crippen LogP contribution in [0.4, 0.5) is 11.4 Å². The largest absolute Gasteiger partial charge is 0.462 e. The third-order valence-electron chi connectivity index (χ3n) is 6.08. The van der Waals surface area contributed by atoms with Gasteiger partial charge in [0.25, 0.3) is 5.91 Å². The lowest BCUT2D eigenvalue weighted by Crippen LogP contribution is -2.28. The van der Waals surface area contributed by atoms with Gasteiger partial charge in [-0.25, -0.2) is 4.79 Å². The molecule has 1 heterocycles. The molecule has 1 aliphatic rings. The van der Waals surface area contributed by atoms with Gasteiger partial charge >= 0.3 is 11.9 Å². The molecule has 0 unspecified atom stereocenters. The molecule has 1 N–H and O–H groups in total. The molecule has 1 fully saturated rings. The molecule has 0 spiro atoms.